The number of fused-ring (bicyclic) bond motifs is 4. The number of nitrogens with one attached hydrogen (secondary N) is 1. The molecule has 1 N–H and O–H groups in total. The van der Waals surface area contributed by atoms with Crippen molar-refractivity contribution in [2.45, 2.75) is 77.9 Å². The summed E-state index contributed by atoms with van der Waals surface area (Å²) >= 11 is 0. The SMILES string of the molecule is CCc1cc2c(cc1N1CCC(N3CCN(CC(=O)OC(C)(C)C)CC3)CC1)C(C)(C)c1[nH]c3cc(C#N)ccc3c1C2=O. The molecule has 0 radical (unpaired) electrons. The topological polar surface area (TPSA) is 92.7 Å². The lowest BCUT2D eigenvalue weighted by atomic mass is 9.70. The van der Waals surface area contributed by atoms with Gasteiger partial charge < -0.3 is 14.6 Å². The Morgan fingerprint density at radius 3 is 2.41 bits per heavy atom. The Morgan fingerprint density at radius 1 is 1.07 bits per heavy atom. The van der Waals surface area contributed by atoms with Crippen molar-refractivity contribution >= 4 is 28.3 Å². The highest BCUT2D eigenvalue weighted by Crippen LogP contribution is 2.46. The maximum Gasteiger partial charge on any atom is 0.320 e. The lowest BCUT2D eigenvalue weighted by molar-refractivity contribution is -0.156. The minimum atomic E-state index is -0.448. The molecule has 0 saturated carbocycles. The predicted molar refractivity (Wildman–Crippen MR) is 173 cm³/mol. The van der Waals surface area contributed by atoms with E-state index in [4.69, 9.17) is 4.74 Å². The zero-order valence-electron chi connectivity index (χ0n) is 27.0. The van der Waals surface area contributed by atoms with Crippen molar-refractivity contribution < 1.29 is 14.3 Å². The first-order valence-electron chi connectivity index (χ1n) is 16.1. The van der Waals surface area contributed by atoms with Gasteiger partial charge in [0.05, 0.1) is 23.7 Å². The van der Waals surface area contributed by atoms with Gasteiger partial charge in [-0.25, -0.2) is 0 Å². The number of H-pyrrole nitrogens is 1. The van der Waals surface area contributed by atoms with Crippen molar-refractivity contribution in [2.75, 3.05) is 50.7 Å². The highest BCUT2D eigenvalue weighted by atomic mass is 16.6. The molecule has 6 rings (SSSR count). The average molecular weight is 596 g/mol. The van der Waals surface area contributed by atoms with E-state index in [1.165, 1.54) is 11.3 Å². The number of carbonyl (C=O) groups excluding carboxylic acids is 2. The minimum absolute atomic E-state index is 0.0658. The monoisotopic (exact) mass is 595 g/mol. The number of nitriles is 1. The van der Waals surface area contributed by atoms with Gasteiger partial charge in [0.25, 0.3) is 0 Å². The van der Waals surface area contributed by atoms with E-state index in [2.05, 4.69) is 58.7 Å². The fourth-order valence-electron chi connectivity index (χ4n) is 7.47. The van der Waals surface area contributed by atoms with Crippen molar-refractivity contribution in [1.82, 2.24) is 14.8 Å². The summed E-state index contributed by atoms with van der Waals surface area (Å²) in [6, 6.07) is 12.7. The first-order chi connectivity index (χ1) is 20.9. The Balaban J connectivity index is 1.17. The van der Waals surface area contributed by atoms with Crippen molar-refractivity contribution in [3.63, 3.8) is 0 Å². The van der Waals surface area contributed by atoms with E-state index in [1.54, 1.807) is 6.07 Å². The number of aromatic amines is 1. The molecule has 2 aliphatic heterocycles. The molecule has 1 aromatic heterocycles. The maximum absolute atomic E-state index is 14.0. The summed E-state index contributed by atoms with van der Waals surface area (Å²) in [5.41, 5.74) is 6.59. The zero-order chi connectivity index (χ0) is 31.4. The molecule has 3 heterocycles. The standard InChI is InChI=1S/C36H45N5O3/c1-7-24-19-27-28(36(5,6)34-32(33(27)43)26-9-8-23(21-37)18-29(26)38-34)20-30(24)41-12-10-25(11-13-41)40-16-14-39(15-17-40)22-31(42)44-35(2,3)4/h8-9,18-20,25,38H,7,10-17,22H2,1-6H3. The number of hydrogen-bond acceptors (Lipinski definition) is 7. The van der Waals surface area contributed by atoms with Gasteiger partial charge >= 0.3 is 5.97 Å². The third-order valence-electron chi connectivity index (χ3n) is 9.80. The number of piperidine rings is 1. The Kier molecular flexibility index (Phi) is 7.84. The number of hydrogen-bond donors (Lipinski definition) is 1. The first kappa shape index (κ1) is 30.4. The number of ether oxygens (including phenoxy) is 1. The number of ketones is 1. The Bertz CT molecular complexity index is 1640. The number of piperazine rings is 1. The van der Waals surface area contributed by atoms with E-state index >= 15 is 0 Å². The van der Waals surface area contributed by atoms with Crippen LogP contribution in [0, 0.1) is 11.3 Å². The minimum Gasteiger partial charge on any atom is -0.459 e. The molecule has 0 bridgehead atoms. The van der Waals surface area contributed by atoms with Gasteiger partial charge in [0, 0.05) is 78.6 Å². The van der Waals surface area contributed by atoms with E-state index < -0.39 is 5.60 Å². The van der Waals surface area contributed by atoms with Gasteiger partial charge in [-0.05, 0) is 75.4 Å². The van der Waals surface area contributed by atoms with Crippen LogP contribution in [0.2, 0.25) is 0 Å². The number of rotatable bonds is 5. The fourth-order valence-corrected chi connectivity index (χ4v) is 7.47. The zero-order valence-corrected chi connectivity index (χ0v) is 27.0. The molecule has 2 aromatic carbocycles. The fraction of sp³-hybridized carbons (Fsp3) is 0.528. The van der Waals surface area contributed by atoms with Crippen LogP contribution in [0.5, 0.6) is 0 Å². The third-order valence-corrected chi connectivity index (χ3v) is 9.80. The van der Waals surface area contributed by atoms with Crippen molar-refractivity contribution in [3.8, 4) is 6.07 Å². The molecule has 0 atom stereocenters. The van der Waals surface area contributed by atoms with E-state index in [1.807, 2.05) is 32.9 Å². The van der Waals surface area contributed by atoms with Gasteiger partial charge in [0.2, 0.25) is 0 Å². The molecular formula is C36H45N5O3. The first-order valence-corrected chi connectivity index (χ1v) is 16.1. The van der Waals surface area contributed by atoms with E-state index in [9.17, 15) is 14.9 Å². The number of aromatic nitrogens is 1. The molecule has 232 valence electrons. The molecular weight excluding hydrogens is 550 g/mol. The summed E-state index contributed by atoms with van der Waals surface area (Å²) < 4.78 is 5.52. The van der Waals surface area contributed by atoms with Crippen LogP contribution in [-0.4, -0.2) is 84.0 Å². The lowest BCUT2D eigenvalue weighted by Crippen LogP contribution is -2.54. The second kappa shape index (κ2) is 11.4. The van der Waals surface area contributed by atoms with Gasteiger partial charge in [-0.1, -0.05) is 26.8 Å². The molecule has 2 fully saturated rings. The van der Waals surface area contributed by atoms with Gasteiger partial charge in [0.15, 0.2) is 5.78 Å². The van der Waals surface area contributed by atoms with E-state index in [-0.39, 0.29) is 17.2 Å². The molecule has 1 aliphatic carbocycles. The van der Waals surface area contributed by atoms with Crippen LogP contribution in [0.1, 0.15) is 92.7 Å². The second-order valence-corrected chi connectivity index (χ2v) is 14.2. The van der Waals surface area contributed by atoms with Gasteiger partial charge in [0.1, 0.15) is 5.60 Å². The molecule has 3 aromatic rings. The van der Waals surface area contributed by atoms with Crippen molar-refractivity contribution in [1.29, 1.82) is 5.26 Å². The number of aryl methyl sites for hydroxylation is 1. The summed E-state index contributed by atoms with van der Waals surface area (Å²) in [7, 11) is 0. The quantitative estimate of drug-likeness (QED) is 0.395. The van der Waals surface area contributed by atoms with Gasteiger partial charge in [-0.3, -0.25) is 19.4 Å². The molecule has 0 spiro atoms. The van der Waals surface area contributed by atoms with Crippen molar-refractivity contribution in [2.24, 2.45) is 0 Å². The smallest absolute Gasteiger partial charge is 0.320 e. The van der Waals surface area contributed by atoms with Crippen molar-refractivity contribution in [3.05, 3.63) is 63.8 Å². The van der Waals surface area contributed by atoms with Crippen LogP contribution >= 0.6 is 0 Å². The Hall–Kier alpha value is -3.67. The summed E-state index contributed by atoms with van der Waals surface area (Å²) in [5, 5.41) is 10.3. The third kappa shape index (κ3) is 5.52. The number of esters is 1. The Labute approximate surface area is 260 Å². The average Bonchev–Trinajstić information content (AvgIpc) is 3.39. The van der Waals surface area contributed by atoms with Crippen LogP contribution in [0.3, 0.4) is 0 Å². The number of benzene rings is 2. The molecule has 2 saturated heterocycles. The van der Waals surface area contributed by atoms with Crippen LogP contribution in [0.4, 0.5) is 5.69 Å². The molecule has 8 nitrogen and oxygen atoms in total. The molecule has 44 heavy (non-hydrogen) atoms. The second-order valence-electron chi connectivity index (χ2n) is 14.2. The van der Waals surface area contributed by atoms with Crippen LogP contribution < -0.4 is 4.90 Å². The molecule has 0 unspecified atom stereocenters. The van der Waals surface area contributed by atoms with E-state index in [0.717, 1.165) is 91.8 Å². The van der Waals surface area contributed by atoms with Crippen LogP contribution in [0.15, 0.2) is 30.3 Å². The highest BCUT2D eigenvalue weighted by Gasteiger charge is 2.41. The number of nitrogens with zero attached hydrogens (tertiary/aromatic N) is 4. The normalized spacial score (nSPS) is 19.5. The maximum atomic E-state index is 14.0. The summed E-state index contributed by atoms with van der Waals surface area (Å²) in [6.07, 6.45) is 3.06. The molecule has 3 aliphatic rings. The summed E-state index contributed by atoms with van der Waals surface area (Å²) in [4.78, 5) is 37.2. The highest BCUT2D eigenvalue weighted by molar-refractivity contribution is 6.20. The van der Waals surface area contributed by atoms with Crippen LogP contribution in [-0.2, 0) is 21.4 Å². The lowest BCUT2D eigenvalue weighted by Gasteiger charge is -2.44. The number of anilines is 1. The molecule has 0 amide bonds. The summed E-state index contributed by atoms with van der Waals surface area (Å²) in [6.45, 7) is 18.4. The predicted octanol–water partition coefficient (Wildman–Crippen LogP) is 5.40. The Morgan fingerprint density at radius 2 is 1.77 bits per heavy atom. The summed E-state index contributed by atoms with van der Waals surface area (Å²) in [5.74, 6) is -0.0779. The molecule has 8 heteroatoms. The van der Waals surface area contributed by atoms with E-state index in [0.29, 0.717) is 18.2 Å². The van der Waals surface area contributed by atoms with Gasteiger partial charge in [-0.15, -0.1) is 0 Å². The number of carbonyl (C=O) groups is 2. The van der Waals surface area contributed by atoms with Gasteiger partial charge in [-0.2, -0.15) is 5.26 Å². The largest absolute Gasteiger partial charge is 0.459 e. The van der Waals surface area contributed by atoms with Crippen LogP contribution in [0.25, 0.3) is 10.9 Å².